The molecule has 0 rings (SSSR count). The monoisotopic (exact) mass is 165 g/mol. The van der Waals surface area contributed by atoms with Gasteiger partial charge in [-0.25, -0.2) is 0 Å². The van der Waals surface area contributed by atoms with Crippen molar-refractivity contribution in [2.24, 2.45) is 0 Å². The summed E-state index contributed by atoms with van der Waals surface area (Å²) in [6, 6.07) is 0. The van der Waals surface area contributed by atoms with Gasteiger partial charge < -0.3 is 25.5 Å². The van der Waals surface area contributed by atoms with Crippen molar-refractivity contribution in [3.63, 3.8) is 0 Å². The van der Waals surface area contributed by atoms with Gasteiger partial charge in [0, 0.05) is 0 Å². The third-order valence-corrected chi connectivity index (χ3v) is 1.33. The summed E-state index contributed by atoms with van der Waals surface area (Å²) in [6.07, 6.45) is -5.96. The van der Waals surface area contributed by atoms with E-state index in [1.54, 1.807) is 0 Å². The van der Waals surface area contributed by atoms with E-state index in [0.717, 1.165) is 0 Å². The molecule has 11 heavy (non-hydrogen) atoms. The number of hydrogen-bond acceptors (Lipinski definition) is 5. The van der Waals surface area contributed by atoms with Crippen LogP contribution in [0, 0.1) is 6.92 Å². The molecular formula is C6H13O5. The minimum Gasteiger partial charge on any atom is -0.394 e. The van der Waals surface area contributed by atoms with E-state index < -0.39 is 31.0 Å². The van der Waals surface area contributed by atoms with Crippen LogP contribution in [-0.2, 0) is 0 Å². The van der Waals surface area contributed by atoms with E-state index in [-0.39, 0.29) is 0 Å². The second-order valence-corrected chi connectivity index (χ2v) is 2.30. The Hall–Kier alpha value is -0.200. The topological polar surface area (TPSA) is 101 Å². The molecule has 2 unspecified atom stereocenters. The van der Waals surface area contributed by atoms with Crippen LogP contribution in [0.5, 0.6) is 0 Å². The molecule has 4 atom stereocenters. The van der Waals surface area contributed by atoms with Gasteiger partial charge in [-0.15, -0.1) is 0 Å². The molecule has 0 heterocycles. The van der Waals surface area contributed by atoms with E-state index in [2.05, 4.69) is 6.92 Å². The minimum absolute atomic E-state index is 0.676. The largest absolute Gasteiger partial charge is 0.394 e. The van der Waals surface area contributed by atoms with Crippen molar-refractivity contribution < 1.29 is 25.5 Å². The predicted molar refractivity (Wildman–Crippen MR) is 36.5 cm³/mol. The van der Waals surface area contributed by atoms with Crippen LogP contribution >= 0.6 is 0 Å². The highest BCUT2D eigenvalue weighted by Crippen LogP contribution is 2.03. The van der Waals surface area contributed by atoms with Gasteiger partial charge in [0.25, 0.3) is 0 Å². The van der Waals surface area contributed by atoms with Crippen LogP contribution in [0.1, 0.15) is 0 Å². The Morgan fingerprint density at radius 3 is 1.73 bits per heavy atom. The molecule has 0 aliphatic rings. The van der Waals surface area contributed by atoms with Gasteiger partial charge >= 0.3 is 0 Å². The van der Waals surface area contributed by atoms with Crippen molar-refractivity contribution in [3.05, 3.63) is 6.92 Å². The Balaban J connectivity index is 3.90. The van der Waals surface area contributed by atoms with Crippen LogP contribution in [0.3, 0.4) is 0 Å². The molecule has 0 aromatic heterocycles. The number of aliphatic hydroxyl groups excluding tert-OH is 5. The summed E-state index contributed by atoms with van der Waals surface area (Å²) in [6.45, 7) is 2.35. The molecule has 0 spiro atoms. The van der Waals surface area contributed by atoms with Crippen molar-refractivity contribution in [2.45, 2.75) is 24.4 Å². The molecule has 0 fully saturated rings. The lowest BCUT2D eigenvalue weighted by molar-refractivity contribution is -0.105. The van der Waals surface area contributed by atoms with Gasteiger partial charge in [-0.2, -0.15) is 0 Å². The highest BCUT2D eigenvalue weighted by atomic mass is 16.4. The molecule has 0 aromatic rings. The highest BCUT2D eigenvalue weighted by Gasteiger charge is 2.27. The smallest absolute Gasteiger partial charge is 0.110 e. The first-order valence-electron chi connectivity index (χ1n) is 3.17. The lowest BCUT2D eigenvalue weighted by atomic mass is 10.1. The maximum absolute atomic E-state index is 8.90. The first kappa shape index (κ1) is 10.8. The Kier molecular flexibility index (Phi) is 4.55. The van der Waals surface area contributed by atoms with Crippen LogP contribution in [0.2, 0.25) is 0 Å². The predicted octanol–water partition coefficient (Wildman–Crippen LogP) is -2.74. The van der Waals surface area contributed by atoms with Crippen molar-refractivity contribution >= 4 is 0 Å². The van der Waals surface area contributed by atoms with E-state index in [9.17, 15) is 0 Å². The minimum atomic E-state index is -1.58. The fourth-order valence-corrected chi connectivity index (χ4v) is 0.563. The summed E-state index contributed by atoms with van der Waals surface area (Å²) in [5.41, 5.74) is 0. The average molecular weight is 165 g/mol. The summed E-state index contributed by atoms with van der Waals surface area (Å²) >= 11 is 0. The van der Waals surface area contributed by atoms with Gasteiger partial charge in [-0.3, -0.25) is 0 Å². The molecule has 0 aliphatic heterocycles. The summed E-state index contributed by atoms with van der Waals surface area (Å²) in [5.74, 6) is 0. The summed E-state index contributed by atoms with van der Waals surface area (Å²) in [7, 11) is 0. The third kappa shape index (κ3) is 3.13. The summed E-state index contributed by atoms with van der Waals surface area (Å²) in [4.78, 5) is 0. The first-order valence-corrected chi connectivity index (χ1v) is 3.17. The fourth-order valence-electron chi connectivity index (χ4n) is 0.563. The summed E-state index contributed by atoms with van der Waals surface area (Å²) < 4.78 is 0. The summed E-state index contributed by atoms with van der Waals surface area (Å²) in [5, 5.41) is 43.4. The zero-order chi connectivity index (χ0) is 9.02. The van der Waals surface area contributed by atoms with Crippen LogP contribution in [0.4, 0.5) is 0 Å². The second kappa shape index (κ2) is 4.63. The van der Waals surface area contributed by atoms with Gasteiger partial charge in [0.05, 0.1) is 12.7 Å². The number of hydrogen-bond donors (Lipinski definition) is 5. The number of aliphatic hydroxyl groups is 5. The zero-order valence-electron chi connectivity index (χ0n) is 5.96. The van der Waals surface area contributed by atoms with Gasteiger partial charge in [0.2, 0.25) is 0 Å². The number of rotatable bonds is 4. The molecule has 5 nitrogen and oxygen atoms in total. The van der Waals surface area contributed by atoms with Crippen LogP contribution in [-0.4, -0.2) is 56.6 Å². The normalized spacial score (nSPS) is 22.4. The molecule has 0 saturated carbocycles. The van der Waals surface area contributed by atoms with Gasteiger partial charge in [0.15, 0.2) is 0 Å². The van der Waals surface area contributed by atoms with Crippen molar-refractivity contribution in [1.29, 1.82) is 0 Å². The van der Waals surface area contributed by atoms with Gasteiger partial charge in [-0.1, -0.05) is 0 Å². The average Bonchev–Trinajstić information content (AvgIpc) is 2.00. The van der Waals surface area contributed by atoms with E-state index in [1.807, 2.05) is 0 Å². The fraction of sp³-hybridized carbons (Fsp3) is 0.833. The SMILES string of the molecule is [CH2][C@H](O)[C@@H](O)C(O)C(O)CO. The standard InChI is InChI=1S/C6H13O5/c1-3(8)5(10)6(11)4(9)2-7/h3-11H,1-2H2/t3-,4?,5+,6?/m0/s1. The highest BCUT2D eigenvalue weighted by molar-refractivity contribution is 4.81. The quantitative estimate of drug-likeness (QED) is 0.311. The lowest BCUT2D eigenvalue weighted by Gasteiger charge is -2.23. The molecular weight excluding hydrogens is 152 g/mol. The lowest BCUT2D eigenvalue weighted by Crippen LogP contribution is -2.44. The zero-order valence-corrected chi connectivity index (χ0v) is 5.96. The van der Waals surface area contributed by atoms with E-state index in [0.29, 0.717) is 0 Å². The molecule has 5 N–H and O–H groups in total. The first-order chi connectivity index (χ1) is 5.00. The third-order valence-electron chi connectivity index (χ3n) is 1.33. The Morgan fingerprint density at radius 2 is 1.45 bits per heavy atom. The Morgan fingerprint density at radius 1 is 1.00 bits per heavy atom. The van der Waals surface area contributed by atoms with Gasteiger partial charge in [-0.05, 0) is 6.92 Å². The van der Waals surface area contributed by atoms with E-state index in [4.69, 9.17) is 25.5 Å². The molecule has 0 saturated heterocycles. The molecule has 67 valence electrons. The maximum atomic E-state index is 8.90. The molecule has 5 heteroatoms. The maximum Gasteiger partial charge on any atom is 0.110 e. The van der Waals surface area contributed by atoms with Crippen molar-refractivity contribution in [1.82, 2.24) is 0 Å². The van der Waals surface area contributed by atoms with Crippen LogP contribution in [0.25, 0.3) is 0 Å². The van der Waals surface area contributed by atoms with E-state index >= 15 is 0 Å². The second-order valence-electron chi connectivity index (χ2n) is 2.30. The molecule has 0 bridgehead atoms. The molecule has 1 radical (unpaired) electrons. The van der Waals surface area contributed by atoms with Crippen LogP contribution < -0.4 is 0 Å². The molecule has 0 aromatic carbocycles. The molecule has 0 amide bonds. The molecule has 0 aliphatic carbocycles. The van der Waals surface area contributed by atoms with Crippen molar-refractivity contribution in [3.8, 4) is 0 Å². The van der Waals surface area contributed by atoms with Gasteiger partial charge in [0.1, 0.15) is 18.3 Å². The Labute approximate surface area is 64.5 Å². The van der Waals surface area contributed by atoms with Crippen molar-refractivity contribution in [2.75, 3.05) is 6.61 Å². The van der Waals surface area contributed by atoms with Crippen LogP contribution in [0.15, 0.2) is 0 Å². The Bertz CT molecular complexity index is 105. The van der Waals surface area contributed by atoms with E-state index in [1.165, 1.54) is 0 Å².